The first-order valence-electron chi connectivity index (χ1n) is 13.6. The molecule has 0 bridgehead atoms. The standard InChI is InChI=1S/C28H35FN6O3/c1-18(2)26-25-24(15-23(28(36)37)30-27(25)35(31-26)21-5-3-19(29)4-6-21)34-9-7-20(8-10-34)32-11-13-33(14-12-32)22-16-38-17-22/h3-6,15,18,20,22H,7-14,16-17H2,1-2H3,(H,36,37). The largest absolute Gasteiger partial charge is 0.477 e. The quantitative estimate of drug-likeness (QED) is 0.528. The zero-order valence-electron chi connectivity index (χ0n) is 22.0. The van der Waals surface area contributed by atoms with Crippen molar-refractivity contribution in [1.82, 2.24) is 24.6 Å². The van der Waals surface area contributed by atoms with Crippen molar-refractivity contribution in [3.05, 3.63) is 47.5 Å². The van der Waals surface area contributed by atoms with E-state index in [9.17, 15) is 14.3 Å². The summed E-state index contributed by atoms with van der Waals surface area (Å²) in [7, 11) is 0. The Bertz CT molecular complexity index is 1310. The molecule has 9 nitrogen and oxygen atoms in total. The second kappa shape index (κ2) is 10.2. The predicted molar refractivity (Wildman–Crippen MR) is 143 cm³/mol. The Morgan fingerprint density at radius 2 is 1.63 bits per heavy atom. The molecule has 0 atom stereocenters. The molecule has 3 aromatic rings. The molecular weight excluding hydrogens is 487 g/mol. The number of anilines is 1. The van der Waals surface area contributed by atoms with Crippen LogP contribution in [0, 0.1) is 5.82 Å². The number of carboxylic acid groups (broad SMARTS) is 1. The van der Waals surface area contributed by atoms with Gasteiger partial charge in [-0.1, -0.05) is 13.8 Å². The highest BCUT2D eigenvalue weighted by Crippen LogP contribution is 2.36. The number of pyridine rings is 1. The smallest absolute Gasteiger partial charge is 0.354 e. The van der Waals surface area contributed by atoms with Gasteiger partial charge in [0.25, 0.3) is 0 Å². The van der Waals surface area contributed by atoms with E-state index in [1.165, 1.54) is 12.1 Å². The SMILES string of the molecule is CC(C)c1nn(-c2ccc(F)cc2)c2nc(C(=O)O)cc(N3CCC(N4CCN(C5COC5)CC4)CC3)c12. The van der Waals surface area contributed by atoms with Gasteiger partial charge in [-0.2, -0.15) is 5.10 Å². The minimum absolute atomic E-state index is 0.00992. The van der Waals surface area contributed by atoms with E-state index < -0.39 is 5.97 Å². The minimum Gasteiger partial charge on any atom is -0.477 e. The molecule has 0 spiro atoms. The van der Waals surface area contributed by atoms with E-state index in [4.69, 9.17) is 9.84 Å². The molecule has 10 heteroatoms. The average molecular weight is 523 g/mol. The van der Waals surface area contributed by atoms with Crippen LogP contribution in [-0.2, 0) is 4.74 Å². The normalized spacial score (nSPS) is 20.4. The number of ether oxygens (including phenoxy) is 1. The van der Waals surface area contributed by atoms with Crippen molar-refractivity contribution in [2.75, 3.05) is 57.4 Å². The molecule has 5 heterocycles. The summed E-state index contributed by atoms with van der Waals surface area (Å²) in [6.07, 6.45) is 2.06. The molecule has 0 unspecified atom stereocenters. The zero-order valence-corrected chi connectivity index (χ0v) is 22.0. The highest BCUT2D eigenvalue weighted by atomic mass is 19.1. The Morgan fingerprint density at radius 3 is 2.18 bits per heavy atom. The van der Waals surface area contributed by atoms with Gasteiger partial charge in [0, 0.05) is 45.3 Å². The first-order chi connectivity index (χ1) is 18.4. The topological polar surface area (TPSA) is 87.0 Å². The highest BCUT2D eigenvalue weighted by Gasteiger charge is 2.33. The van der Waals surface area contributed by atoms with Crippen molar-refractivity contribution in [2.24, 2.45) is 0 Å². The number of carbonyl (C=O) groups is 1. The van der Waals surface area contributed by atoms with E-state index in [0.29, 0.717) is 23.4 Å². The Labute approximate surface area is 221 Å². The summed E-state index contributed by atoms with van der Waals surface area (Å²) in [5.41, 5.74) is 2.87. The molecule has 38 heavy (non-hydrogen) atoms. The molecule has 0 radical (unpaired) electrons. The lowest BCUT2D eigenvalue weighted by Crippen LogP contribution is -2.59. The number of rotatable bonds is 6. The van der Waals surface area contributed by atoms with Gasteiger partial charge < -0.3 is 14.7 Å². The van der Waals surface area contributed by atoms with Crippen LogP contribution in [0.25, 0.3) is 16.7 Å². The van der Waals surface area contributed by atoms with Crippen LogP contribution in [0.5, 0.6) is 0 Å². The molecular formula is C28H35FN6O3. The van der Waals surface area contributed by atoms with E-state index in [0.717, 1.165) is 82.1 Å². The van der Waals surface area contributed by atoms with Crippen molar-refractivity contribution in [3.8, 4) is 5.69 Å². The molecule has 2 aromatic heterocycles. The number of carboxylic acids is 1. The summed E-state index contributed by atoms with van der Waals surface area (Å²) in [4.78, 5) is 24.1. The predicted octanol–water partition coefficient (Wildman–Crippen LogP) is 3.37. The second-order valence-corrected chi connectivity index (χ2v) is 10.9. The fourth-order valence-electron chi connectivity index (χ4n) is 6.02. The molecule has 6 rings (SSSR count). The van der Waals surface area contributed by atoms with Crippen molar-refractivity contribution in [1.29, 1.82) is 0 Å². The van der Waals surface area contributed by atoms with Gasteiger partial charge in [0.1, 0.15) is 5.82 Å². The van der Waals surface area contributed by atoms with E-state index in [-0.39, 0.29) is 17.4 Å². The van der Waals surface area contributed by atoms with E-state index in [1.54, 1.807) is 22.9 Å². The number of aromatic nitrogens is 3. The number of benzene rings is 1. The van der Waals surface area contributed by atoms with Crippen LogP contribution in [0.2, 0.25) is 0 Å². The van der Waals surface area contributed by atoms with Crippen LogP contribution in [0.15, 0.2) is 30.3 Å². The van der Waals surface area contributed by atoms with Gasteiger partial charge in [-0.15, -0.1) is 0 Å². The fourth-order valence-corrected chi connectivity index (χ4v) is 6.02. The van der Waals surface area contributed by atoms with E-state index >= 15 is 0 Å². The molecule has 0 aliphatic carbocycles. The average Bonchev–Trinajstić information content (AvgIpc) is 3.28. The van der Waals surface area contributed by atoms with Gasteiger partial charge in [-0.25, -0.2) is 18.9 Å². The molecule has 0 amide bonds. The summed E-state index contributed by atoms with van der Waals surface area (Å²) < 4.78 is 20.6. The lowest BCUT2D eigenvalue weighted by Gasteiger charge is -2.46. The molecule has 1 aromatic carbocycles. The van der Waals surface area contributed by atoms with Crippen LogP contribution in [0.3, 0.4) is 0 Å². The van der Waals surface area contributed by atoms with Gasteiger partial charge >= 0.3 is 5.97 Å². The number of hydrogen-bond acceptors (Lipinski definition) is 7. The third-order valence-corrected chi connectivity index (χ3v) is 8.29. The van der Waals surface area contributed by atoms with Gasteiger partial charge in [-0.05, 0) is 49.1 Å². The molecule has 202 valence electrons. The number of fused-ring (bicyclic) bond motifs is 1. The maximum atomic E-state index is 13.6. The van der Waals surface area contributed by atoms with Gasteiger partial charge in [0.2, 0.25) is 0 Å². The van der Waals surface area contributed by atoms with Gasteiger partial charge in [0.05, 0.1) is 41.7 Å². The monoisotopic (exact) mass is 522 g/mol. The van der Waals surface area contributed by atoms with Crippen LogP contribution in [-0.4, -0.2) is 100 Å². The number of aromatic carboxylic acids is 1. The van der Waals surface area contributed by atoms with E-state index in [2.05, 4.69) is 33.5 Å². The highest BCUT2D eigenvalue weighted by molar-refractivity contribution is 5.98. The van der Waals surface area contributed by atoms with Crippen molar-refractivity contribution in [2.45, 2.75) is 44.7 Å². The van der Waals surface area contributed by atoms with Crippen LogP contribution in [0.4, 0.5) is 10.1 Å². The summed E-state index contributed by atoms with van der Waals surface area (Å²) in [5.74, 6) is -1.31. The molecule has 1 N–H and O–H groups in total. The molecule has 3 aliphatic rings. The van der Waals surface area contributed by atoms with E-state index in [1.807, 2.05) is 0 Å². The Balaban J connectivity index is 1.28. The lowest BCUT2D eigenvalue weighted by atomic mass is 9.99. The number of nitrogens with zero attached hydrogens (tertiary/aromatic N) is 6. The fraction of sp³-hybridized carbons (Fsp3) is 0.536. The van der Waals surface area contributed by atoms with Crippen molar-refractivity contribution >= 4 is 22.7 Å². The van der Waals surface area contributed by atoms with Crippen LogP contribution < -0.4 is 4.90 Å². The lowest BCUT2D eigenvalue weighted by molar-refractivity contribution is -0.0803. The van der Waals surface area contributed by atoms with Gasteiger partial charge in [-0.3, -0.25) is 9.80 Å². The molecule has 0 saturated carbocycles. The van der Waals surface area contributed by atoms with Crippen LogP contribution in [0.1, 0.15) is 48.8 Å². The molecule has 3 fully saturated rings. The first kappa shape index (κ1) is 25.2. The zero-order chi connectivity index (χ0) is 26.4. The Kier molecular flexibility index (Phi) is 6.79. The van der Waals surface area contributed by atoms with Crippen LogP contribution >= 0.6 is 0 Å². The summed E-state index contributed by atoms with van der Waals surface area (Å²) in [6, 6.07) is 8.88. The van der Waals surface area contributed by atoms with Crippen molar-refractivity contribution < 1.29 is 19.0 Å². The van der Waals surface area contributed by atoms with Gasteiger partial charge in [0.15, 0.2) is 11.3 Å². The minimum atomic E-state index is -1.07. The third kappa shape index (κ3) is 4.65. The summed E-state index contributed by atoms with van der Waals surface area (Å²) in [6.45, 7) is 12.0. The first-order valence-corrected chi connectivity index (χ1v) is 13.6. The Morgan fingerprint density at radius 1 is 1.00 bits per heavy atom. The Hall–Kier alpha value is -3.08. The third-order valence-electron chi connectivity index (χ3n) is 8.29. The number of hydrogen-bond donors (Lipinski definition) is 1. The molecule has 3 aliphatic heterocycles. The molecule has 3 saturated heterocycles. The maximum Gasteiger partial charge on any atom is 0.354 e. The summed E-state index contributed by atoms with van der Waals surface area (Å²) in [5, 5.41) is 15.6. The second-order valence-electron chi connectivity index (χ2n) is 10.9. The maximum absolute atomic E-state index is 13.6. The number of halogens is 1. The summed E-state index contributed by atoms with van der Waals surface area (Å²) >= 11 is 0. The number of piperazine rings is 1. The van der Waals surface area contributed by atoms with Crippen molar-refractivity contribution in [3.63, 3.8) is 0 Å². The number of piperidine rings is 1.